The van der Waals surface area contributed by atoms with E-state index >= 15 is 0 Å². The molecule has 0 bridgehead atoms. The molecule has 0 unspecified atom stereocenters. The van der Waals surface area contributed by atoms with Crippen molar-refractivity contribution in [2.24, 2.45) is 34.5 Å². The lowest BCUT2D eigenvalue weighted by Gasteiger charge is -2.57. The van der Waals surface area contributed by atoms with E-state index in [4.69, 9.17) is 4.74 Å². The molecule has 0 aromatic carbocycles. The van der Waals surface area contributed by atoms with E-state index in [1.807, 2.05) is 6.08 Å². The van der Waals surface area contributed by atoms with Gasteiger partial charge < -0.3 is 4.74 Å². The van der Waals surface area contributed by atoms with Gasteiger partial charge in [-0.1, -0.05) is 19.4 Å². The molecule has 4 heteroatoms. The lowest BCUT2D eigenvalue weighted by molar-refractivity contribution is -0.165. The molecule has 3 saturated carbocycles. The van der Waals surface area contributed by atoms with Crippen LogP contribution in [0.5, 0.6) is 0 Å². The Kier molecular flexibility index (Phi) is 4.16. The average Bonchev–Trinajstić information content (AvgIpc) is 2.92. The molecule has 0 aromatic rings. The minimum Gasteiger partial charge on any atom is -0.393 e. The summed E-state index contributed by atoms with van der Waals surface area (Å²) in [4.78, 5) is 35.7. The molecule has 0 N–H and O–H groups in total. The highest BCUT2D eigenvalue weighted by Gasteiger charge is 2.60. The number of carbonyl (C=O) groups excluding carboxylic acids is 3. The first-order valence-electron chi connectivity index (χ1n) is 10.2. The summed E-state index contributed by atoms with van der Waals surface area (Å²) in [5.74, 6) is 1.12. The number of hydrogen-bond acceptors (Lipinski definition) is 4. The van der Waals surface area contributed by atoms with Gasteiger partial charge in [0.1, 0.15) is 0 Å². The molecule has 0 spiro atoms. The van der Waals surface area contributed by atoms with Crippen molar-refractivity contribution in [1.82, 2.24) is 0 Å². The first-order valence-corrected chi connectivity index (χ1v) is 10.2. The Bertz CT molecular complexity index is 692. The molecule has 4 aliphatic carbocycles. The average molecular weight is 358 g/mol. The fraction of sp³-hybridized carbons (Fsp3) is 0.773. The second-order valence-electron chi connectivity index (χ2n) is 9.56. The normalized spacial score (nSPS) is 44.4. The van der Waals surface area contributed by atoms with Gasteiger partial charge in [0.05, 0.1) is 5.92 Å². The number of ether oxygens (including phenoxy) is 1. The monoisotopic (exact) mass is 358 g/mol. The summed E-state index contributed by atoms with van der Waals surface area (Å²) in [5.41, 5.74) is 1.50. The molecule has 4 aliphatic rings. The van der Waals surface area contributed by atoms with Gasteiger partial charge in [-0.15, -0.1) is 0 Å². The predicted molar refractivity (Wildman–Crippen MR) is 97.0 cm³/mol. The Morgan fingerprint density at radius 3 is 2.54 bits per heavy atom. The van der Waals surface area contributed by atoms with E-state index < -0.39 is 5.97 Å². The van der Waals surface area contributed by atoms with Crippen LogP contribution in [0.2, 0.25) is 0 Å². The van der Waals surface area contributed by atoms with E-state index in [-0.39, 0.29) is 22.7 Å². The van der Waals surface area contributed by atoms with Crippen molar-refractivity contribution in [1.29, 1.82) is 0 Å². The Morgan fingerprint density at radius 2 is 1.81 bits per heavy atom. The van der Waals surface area contributed by atoms with Gasteiger partial charge in [0, 0.05) is 13.3 Å². The summed E-state index contributed by atoms with van der Waals surface area (Å²) >= 11 is 0. The van der Waals surface area contributed by atoms with Crippen LogP contribution in [0.4, 0.5) is 0 Å². The Morgan fingerprint density at radius 1 is 1.04 bits per heavy atom. The zero-order valence-corrected chi connectivity index (χ0v) is 16.2. The third-order valence-corrected chi connectivity index (χ3v) is 8.49. The number of fused-ring (bicyclic) bond motifs is 5. The van der Waals surface area contributed by atoms with Crippen LogP contribution in [0.15, 0.2) is 11.6 Å². The van der Waals surface area contributed by atoms with Gasteiger partial charge >= 0.3 is 11.9 Å². The van der Waals surface area contributed by atoms with E-state index in [9.17, 15) is 14.4 Å². The largest absolute Gasteiger partial charge is 0.393 e. The molecule has 0 amide bonds. The number of ketones is 1. The summed E-state index contributed by atoms with van der Waals surface area (Å²) in [5, 5.41) is 0. The molecule has 4 nitrogen and oxygen atoms in total. The molecule has 26 heavy (non-hydrogen) atoms. The fourth-order valence-corrected chi connectivity index (χ4v) is 7.16. The fourth-order valence-electron chi connectivity index (χ4n) is 7.16. The lowest BCUT2D eigenvalue weighted by atomic mass is 9.47. The molecule has 0 radical (unpaired) electrons. The van der Waals surface area contributed by atoms with E-state index in [0.717, 1.165) is 44.9 Å². The summed E-state index contributed by atoms with van der Waals surface area (Å²) in [6, 6.07) is 0. The van der Waals surface area contributed by atoms with Gasteiger partial charge in [0.25, 0.3) is 0 Å². The summed E-state index contributed by atoms with van der Waals surface area (Å²) in [6.07, 6.45) is 9.80. The predicted octanol–water partition coefficient (Wildman–Crippen LogP) is 4.22. The molecular weight excluding hydrogens is 328 g/mol. The van der Waals surface area contributed by atoms with Crippen LogP contribution >= 0.6 is 0 Å². The van der Waals surface area contributed by atoms with Crippen molar-refractivity contribution in [2.45, 2.75) is 72.1 Å². The number of allylic oxidation sites excluding steroid dienone is 1. The Labute approximate surface area is 155 Å². The van der Waals surface area contributed by atoms with Gasteiger partial charge in [0.2, 0.25) is 0 Å². The SMILES string of the molecule is CC(=O)OC(=O)[C@@H]1CC[C@@H]2[C@H]3CCC4=CC(=O)CC[C@@]4(C)[C@@H]3CC[C@]21C. The van der Waals surface area contributed by atoms with Gasteiger partial charge in [-0.2, -0.15) is 0 Å². The molecule has 0 aliphatic heterocycles. The number of carbonyl (C=O) groups is 3. The third-order valence-electron chi connectivity index (χ3n) is 8.49. The van der Waals surface area contributed by atoms with Gasteiger partial charge in [0.15, 0.2) is 5.78 Å². The van der Waals surface area contributed by atoms with Crippen molar-refractivity contribution >= 4 is 17.7 Å². The van der Waals surface area contributed by atoms with Crippen LogP contribution in [0.3, 0.4) is 0 Å². The van der Waals surface area contributed by atoms with Crippen molar-refractivity contribution < 1.29 is 19.1 Å². The molecule has 0 aromatic heterocycles. The zero-order valence-electron chi connectivity index (χ0n) is 16.2. The van der Waals surface area contributed by atoms with Crippen LogP contribution in [0.25, 0.3) is 0 Å². The minimum absolute atomic E-state index is 0.0459. The maximum atomic E-state index is 12.5. The topological polar surface area (TPSA) is 60.4 Å². The van der Waals surface area contributed by atoms with Crippen molar-refractivity contribution in [2.75, 3.05) is 0 Å². The maximum absolute atomic E-state index is 12.5. The van der Waals surface area contributed by atoms with Crippen LogP contribution in [-0.2, 0) is 19.1 Å². The van der Waals surface area contributed by atoms with Crippen LogP contribution in [0.1, 0.15) is 72.1 Å². The van der Waals surface area contributed by atoms with Gasteiger partial charge in [-0.05, 0) is 79.6 Å². The van der Waals surface area contributed by atoms with Crippen molar-refractivity contribution in [3.8, 4) is 0 Å². The van der Waals surface area contributed by atoms with Crippen LogP contribution < -0.4 is 0 Å². The highest BCUT2D eigenvalue weighted by atomic mass is 16.6. The highest BCUT2D eigenvalue weighted by Crippen LogP contribution is 2.66. The molecule has 0 heterocycles. The van der Waals surface area contributed by atoms with E-state index in [1.54, 1.807) is 0 Å². The van der Waals surface area contributed by atoms with E-state index in [2.05, 4.69) is 13.8 Å². The number of hydrogen-bond donors (Lipinski definition) is 0. The van der Waals surface area contributed by atoms with Crippen molar-refractivity contribution in [3.05, 3.63) is 11.6 Å². The van der Waals surface area contributed by atoms with Crippen molar-refractivity contribution in [3.63, 3.8) is 0 Å². The minimum atomic E-state index is -0.498. The Balaban J connectivity index is 1.60. The highest BCUT2D eigenvalue weighted by molar-refractivity contribution is 5.91. The molecule has 3 fully saturated rings. The summed E-state index contributed by atoms with van der Waals surface area (Å²) in [6.45, 7) is 5.94. The van der Waals surface area contributed by atoms with Crippen LogP contribution in [0, 0.1) is 34.5 Å². The first-order chi connectivity index (χ1) is 12.3. The molecule has 4 rings (SSSR count). The van der Waals surface area contributed by atoms with E-state index in [1.165, 1.54) is 12.5 Å². The van der Waals surface area contributed by atoms with E-state index in [0.29, 0.717) is 30.0 Å². The maximum Gasteiger partial charge on any atom is 0.317 e. The van der Waals surface area contributed by atoms with Gasteiger partial charge in [-0.3, -0.25) is 14.4 Å². The second kappa shape index (κ2) is 6.03. The first kappa shape index (κ1) is 17.9. The zero-order chi connectivity index (χ0) is 18.7. The number of rotatable bonds is 1. The smallest absolute Gasteiger partial charge is 0.317 e. The molecule has 142 valence electrons. The van der Waals surface area contributed by atoms with Gasteiger partial charge in [-0.25, -0.2) is 0 Å². The third kappa shape index (κ3) is 2.51. The summed E-state index contributed by atoms with van der Waals surface area (Å²) < 4.78 is 4.98. The Hall–Kier alpha value is -1.45. The molecular formula is C22H30O4. The molecule has 6 atom stereocenters. The van der Waals surface area contributed by atoms with Crippen LogP contribution in [-0.4, -0.2) is 17.7 Å². The number of esters is 2. The quantitative estimate of drug-likeness (QED) is 0.520. The summed E-state index contributed by atoms with van der Waals surface area (Å²) in [7, 11) is 0. The lowest BCUT2D eigenvalue weighted by Crippen LogP contribution is -2.51. The molecule has 0 saturated heterocycles. The second-order valence-corrected chi connectivity index (χ2v) is 9.56. The standard InChI is InChI=1S/C22H30O4/c1-13(23)26-20(25)19-7-6-17-16-5-4-14-12-15(24)8-10-21(14,2)18(16)9-11-22(17,19)3/h12,16-19H,4-11H2,1-3H3/t16-,17-,18-,19+,21-,22-/m1/s1.